The Bertz CT molecular complexity index is 960. The van der Waals surface area contributed by atoms with Crippen molar-refractivity contribution >= 4 is 23.7 Å². The van der Waals surface area contributed by atoms with Crippen LogP contribution in [-0.2, 0) is 30.6 Å². The largest absolute Gasteiger partial charge is 0.444 e. The number of aromatic nitrogens is 2. The summed E-state index contributed by atoms with van der Waals surface area (Å²) in [6.45, 7) is 1.54. The molecule has 0 bridgehead atoms. The highest BCUT2D eigenvalue weighted by Gasteiger charge is 2.22. The van der Waals surface area contributed by atoms with Crippen molar-refractivity contribution in [3.63, 3.8) is 0 Å². The Labute approximate surface area is 195 Å². The minimum Gasteiger partial charge on any atom is -0.444 e. The number of halogens is 1. The first kappa shape index (κ1) is 28.5. The van der Waals surface area contributed by atoms with Crippen LogP contribution >= 0.6 is 0 Å². The number of amides is 3. The van der Waals surface area contributed by atoms with Crippen LogP contribution in [-0.4, -0.2) is 45.8 Å². The van der Waals surface area contributed by atoms with E-state index < -0.39 is 47.6 Å². The van der Waals surface area contributed by atoms with Gasteiger partial charge in [-0.05, 0) is 12.8 Å². The molecule has 34 heavy (non-hydrogen) atoms. The zero-order valence-corrected chi connectivity index (χ0v) is 19.2. The molecule has 1 aromatic heterocycles. The molecule has 12 nitrogen and oxygen atoms in total. The average molecular weight is 486 g/mol. The van der Waals surface area contributed by atoms with Gasteiger partial charge in [0.1, 0.15) is 6.04 Å². The lowest BCUT2D eigenvalue weighted by molar-refractivity contribution is -0.147. The molecule has 1 rings (SSSR count). The van der Waals surface area contributed by atoms with Crippen LogP contribution in [0.1, 0.15) is 64.7 Å². The van der Waals surface area contributed by atoms with Crippen LogP contribution in [0.15, 0.2) is 15.8 Å². The topological polar surface area (TPSA) is 182 Å². The number of carbonyl (C=O) groups is 4. The minimum atomic E-state index is -1.20. The summed E-state index contributed by atoms with van der Waals surface area (Å²) in [6.07, 6.45) is 5.29. The van der Waals surface area contributed by atoms with Crippen molar-refractivity contribution < 1.29 is 28.3 Å². The predicted molar refractivity (Wildman–Crippen MR) is 119 cm³/mol. The summed E-state index contributed by atoms with van der Waals surface area (Å²) in [5.74, 6) is -3.64. The summed E-state index contributed by atoms with van der Waals surface area (Å²) in [6, 6.07) is -1.12. The van der Waals surface area contributed by atoms with Crippen LogP contribution in [0.4, 0.5) is 4.39 Å². The molecule has 5 N–H and O–H groups in total. The van der Waals surface area contributed by atoms with Gasteiger partial charge in [0, 0.05) is 19.4 Å². The molecule has 0 unspecified atom stereocenters. The molecule has 190 valence electrons. The number of hydrogen-bond donors (Lipinski definition) is 4. The molecule has 0 aromatic carbocycles. The second-order valence-corrected chi connectivity index (χ2v) is 7.70. The fourth-order valence-electron chi connectivity index (χ4n) is 2.93. The zero-order chi connectivity index (χ0) is 25.5. The number of esters is 1. The van der Waals surface area contributed by atoms with Crippen LogP contribution in [0, 0.1) is 5.82 Å². The van der Waals surface area contributed by atoms with Gasteiger partial charge in [0.25, 0.3) is 5.56 Å². The summed E-state index contributed by atoms with van der Waals surface area (Å²) in [5, 5.41) is 5.03. The standard InChI is InChI=1S/C21H32FN5O7/c1-2-3-4-5-6-8-17(29)25-15(11-16(23)28)20(32)24-10-7-9-18(30)34-13-27-12-14(22)19(31)26-21(27)33/h12,15H,2-11,13H2,1H3,(H2,23,28)(H,24,32)(H,25,29)(H,26,31,33)/t15-/m1/s1. The molecule has 1 aromatic rings. The van der Waals surface area contributed by atoms with Crippen molar-refractivity contribution in [2.75, 3.05) is 6.54 Å². The molecule has 0 aliphatic rings. The number of hydrogen-bond acceptors (Lipinski definition) is 7. The van der Waals surface area contributed by atoms with Crippen LogP contribution in [0.2, 0.25) is 0 Å². The number of ether oxygens (including phenoxy) is 1. The fourth-order valence-corrected chi connectivity index (χ4v) is 2.93. The van der Waals surface area contributed by atoms with Crippen molar-refractivity contribution in [3.8, 4) is 0 Å². The van der Waals surface area contributed by atoms with E-state index in [2.05, 4.69) is 17.6 Å². The summed E-state index contributed by atoms with van der Waals surface area (Å²) < 4.78 is 18.7. The summed E-state index contributed by atoms with van der Waals surface area (Å²) in [7, 11) is 0. The fraction of sp³-hybridized carbons (Fsp3) is 0.619. The first-order chi connectivity index (χ1) is 16.1. The Morgan fingerprint density at radius 2 is 1.82 bits per heavy atom. The van der Waals surface area contributed by atoms with Crippen LogP contribution in [0.25, 0.3) is 0 Å². The van der Waals surface area contributed by atoms with Crippen molar-refractivity contribution in [1.82, 2.24) is 20.2 Å². The molecule has 1 atom stereocenters. The molecule has 0 saturated carbocycles. The molecule has 0 aliphatic heterocycles. The molecule has 0 aliphatic carbocycles. The number of nitrogens with one attached hydrogen (secondary N) is 3. The van der Waals surface area contributed by atoms with Crippen LogP contribution in [0.3, 0.4) is 0 Å². The molecule has 1 heterocycles. The number of rotatable bonds is 16. The second-order valence-electron chi connectivity index (χ2n) is 7.70. The minimum absolute atomic E-state index is 0.0450. The quantitative estimate of drug-likeness (QED) is 0.184. The molecule has 0 fully saturated rings. The number of aromatic amines is 1. The van der Waals surface area contributed by atoms with Gasteiger partial charge in [-0.25, -0.2) is 4.79 Å². The lowest BCUT2D eigenvalue weighted by atomic mass is 10.1. The van der Waals surface area contributed by atoms with E-state index in [4.69, 9.17) is 10.5 Å². The van der Waals surface area contributed by atoms with Gasteiger partial charge in [-0.2, -0.15) is 4.39 Å². The second kappa shape index (κ2) is 15.3. The predicted octanol–water partition coefficient (Wildman–Crippen LogP) is -0.206. The molecule has 0 radical (unpaired) electrons. The number of nitrogens with two attached hydrogens (primary N) is 1. The highest BCUT2D eigenvalue weighted by Crippen LogP contribution is 2.05. The van der Waals surface area contributed by atoms with E-state index in [0.29, 0.717) is 17.2 Å². The lowest BCUT2D eigenvalue weighted by Gasteiger charge is -2.17. The molecule has 13 heteroatoms. The smallest absolute Gasteiger partial charge is 0.331 e. The van der Waals surface area contributed by atoms with E-state index in [1.54, 1.807) is 4.98 Å². The number of unbranched alkanes of at least 4 members (excludes halogenated alkanes) is 4. The molecule has 3 amide bonds. The number of nitrogens with zero attached hydrogens (tertiary/aromatic N) is 1. The molecule has 0 saturated heterocycles. The number of primary amides is 1. The first-order valence-electron chi connectivity index (χ1n) is 11.1. The van der Waals surface area contributed by atoms with E-state index in [9.17, 15) is 33.2 Å². The van der Waals surface area contributed by atoms with E-state index in [1.807, 2.05) is 0 Å². The molecular formula is C21H32FN5O7. The Morgan fingerprint density at radius 1 is 1.12 bits per heavy atom. The van der Waals surface area contributed by atoms with Crippen LogP contribution < -0.4 is 27.6 Å². The number of H-pyrrole nitrogens is 1. The monoisotopic (exact) mass is 485 g/mol. The first-order valence-corrected chi connectivity index (χ1v) is 11.1. The van der Waals surface area contributed by atoms with E-state index in [-0.39, 0.29) is 38.1 Å². The number of carbonyl (C=O) groups excluding carboxylic acids is 4. The Morgan fingerprint density at radius 3 is 2.50 bits per heavy atom. The van der Waals surface area contributed by atoms with Gasteiger partial charge >= 0.3 is 11.7 Å². The van der Waals surface area contributed by atoms with Gasteiger partial charge in [-0.3, -0.25) is 33.5 Å². The summed E-state index contributed by atoms with van der Waals surface area (Å²) in [5.41, 5.74) is 3.05. The van der Waals surface area contributed by atoms with Gasteiger partial charge in [-0.1, -0.05) is 32.6 Å². The van der Waals surface area contributed by atoms with E-state index in [0.717, 1.165) is 25.7 Å². The average Bonchev–Trinajstić information content (AvgIpc) is 2.77. The Hall–Kier alpha value is -3.51. The van der Waals surface area contributed by atoms with Gasteiger partial charge in [-0.15, -0.1) is 0 Å². The van der Waals surface area contributed by atoms with Gasteiger partial charge < -0.3 is 21.1 Å². The van der Waals surface area contributed by atoms with Crippen molar-refractivity contribution in [1.29, 1.82) is 0 Å². The van der Waals surface area contributed by atoms with Gasteiger partial charge in [0.05, 0.1) is 12.6 Å². The van der Waals surface area contributed by atoms with Gasteiger partial charge in [0.2, 0.25) is 23.5 Å². The normalized spacial score (nSPS) is 11.5. The highest BCUT2D eigenvalue weighted by molar-refractivity contribution is 5.91. The summed E-state index contributed by atoms with van der Waals surface area (Å²) >= 11 is 0. The zero-order valence-electron chi connectivity index (χ0n) is 19.2. The van der Waals surface area contributed by atoms with Crippen molar-refractivity contribution in [2.24, 2.45) is 5.73 Å². The van der Waals surface area contributed by atoms with Crippen molar-refractivity contribution in [2.45, 2.75) is 77.5 Å². The SMILES string of the molecule is CCCCCCCC(=O)N[C@H](CC(N)=O)C(=O)NCCCC(=O)OCn1cc(F)c(=O)[nH]c1=O. The third-order valence-electron chi connectivity index (χ3n) is 4.75. The molecular weight excluding hydrogens is 453 g/mol. The third-order valence-corrected chi connectivity index (χ3v) is 4.75. The maximum absolute atomic E-state index is 13.2. The lowest BCUT2D eigenvalue weighted by Crippen LogP contribution is -2.48. The van der Waals surface area contributed by atoms with Crippen molar-refractivity contribution in [3.05, 3.63) is 32.9 Å². The third kappa shape index (κ3) is 11.4. The maximum Gasteiger partial charge on any atom is 0.331 e. The van der Waals surface area contributed by atoms with E-state index in [1.165, 1.54) is 0 Å². The Balaban J connectivity index is 2.39. The maximum atomic E-state index is 13.2. The molecule has 0 spiro atoms. The highest BCUT2D eigenvalue weighted by atomic mass is 19.1. The summed E-state index contributed by atoms with van der Waals surface area (Å²) in [4.78, 5) is 71.6. The van der Waals surface area contributed by atoms with Gasteiger partial charge in [0.15, 0.2) is 6.73 Å². The van der Waals surface area contributed by atoms with E-state index >= 15 is 0 Å². The Kier molecular flexibility index (Phi) is 12.9. The van der Waals surface area contributed by atoms with Crippen LogP contribution in [0.5, 0.6) is 0 Å².